The van der Waals surface area contributed by atoms with Gasteiger partial charge in [-0.25, -0.2) is 0 Å². The molecule has 0 saturated heterocycles. The Balaban J connectivity index is 2.05. The molecule has 4 heteroatoms. The Labute approximate surface area is 127 Å². The van der Waals surface area contributed by atoms with E-state index in [1.165, 1.54) is 5.56 Å². The molecule has 0 bridgehead atoms. The number of carbonyl (C=O) groups is 1. The molecule has 0 radical (unpaired) electrons. The number of halogens is 1. The lowest BCUT2D eigenvalue weighted by Gasteiger charge is -2.10. The van der Waals surface area contributed by atoms with Gasteiger partial charge in [0.2, 0.25) is 0 Å². The number of ether oxygens (including phenoxy) is 1. The third-order valence-electron chi connectivity index (χ3n) is 2.88. The van der Waals surface area contributed by atoms with Crippen LogP contribution in [-0.4, -0.2) is 11.4 Å². The van der Waals surface area contributed by atoms with Crippen molar-refractivity contribution in [3.63, 3.8) is 0 Å². The van der Waals surface area contributed by atoms with E-state index >= 15 is 0 Å². The standard InChI is InChI=1S/C16H16BrNO2/c1-12-5-4-6-13(9-12)10-18-16(19)14-7-2-3-8-15(14)20-11-17/h2-9H,10-11H2,1H3,(H,18,19). The summed E-state index contributed by atoms with van der Waals surface area (Å²) in [6, 6.07) is 15.3. The van der Waals surface area contributed by atoms with Crippen LogP contribution >= 0.6 is 15.9 Å². The van der Waals surface area contributed by atoms with Crippen LogP contribution in [0.1, 0.15) is 21.5 Å². The Morgan fingerprint density at radius 2 is 2.00 bits per heavy atom. The van der Waals surface area contributed by atoms with Crippen molar-refractivity contribution < 1.29 is 9.53 Å². The fourth-order valence-electron chi connectivity index (χ4n) is 1.94. The lowest BCUT2D eigenvalue weighted by atomic mass is 10.1. The van der Waals surface area contributed by atoms with E-state index in [0.717, 1.165) is 5.56 Å². The quantitative estimate of drug-likeness (QED) is 0.848. The van der Waals surface area contributed by atoms with Gasteiger partial charge < -0.3 is 10.1 Å². The maximum absolute atomic E-state index is 12.2. The number of benzene rings is 2. The minimum absolute atomic E-state index is 0.136. The van der Waals surface area contributed by atoms with Gasteiger partial charge in [0.15, 0.2) is 0 Å². The Bertz CT molecular complexity index is 599. The van der Waals surface area contributed by atoms with Gasteiger partial charge in [-0.05, 0) is 40.5 Å². The van der Waals surface area contributed by atoms with Crippen LogP contribution in [0, 0.1) is 6.92 Å². The molecule has 1 amide bonds. The van der Waals surface area contributed by atoms with Gasteiger partial charge in [0.1, 0.15) is 11.3 Å². The van der Waals surface area contributed by atoms with E-state index in [9.17, 15) is 4.79 Å². The molecule has 2 rings (SSSR count). The summed E-state index contributed by atoms with van der Waals surface area (Å²) >= 11 is 3.20. The first kappa shape index (κ1) is 14.6. The highest BCUT2D eigenvalue weighted by molar-refractivity contribution is 9.09. The molecule has 2 aromatic rings. The molecule has 0 aliphatic heterocycles. The summed E-state index contributed by atoms with van der Waals surface area (Å²) in [6.45, 7) is 2.54. The highest BCUT2D eigenvalue weighted by atomic mass is 79.9. The first-order valence-electron chi connectivity index (χ1n) is 6.32. The van der Waals surface area contributed by atoms with E-state index in [1.807, 2.05) is 37.3 Å². The molecule has 20 heavy (non-hydrogen) atoms. The number of hydrogen-bond acceptors (Lipinski definition) is 2. The first-order chi connectivity index (χ1) is 9.70. The van der Waals surface area contributed by atoms with Gasteiger partial charge in [0.25, 0.3) is 5.91 Å². The molecule has 1 N–H and O–H groups in total. The number of amides is 1. The second-order valence-electron chi connectivity index (χ2n) is 4.42. The molecular weight excluding hydrogens is 318 g/mol. The second kappa shape index (κ2) is 7.10. The highest BCUT2D eigenvalue weighted by Gasteiger charge is 2.11. The fraction of sp³-hybridized carbons (Fsp3) is 0.188. The number of aryl methyl sites for hydroxylation is 1. The smallest absolute Gasteiger partial charge is 0.255 e. The SMILES string of the molecule is Cc1cccc(CNC(=O)c2ccccc2OCBr)c1. The summed E-state index contributed by atoms with van der Waals surface area (Å²) in [7, 11) is 0. The van der Waals surface area contributed by atoms with Gasteiger partial charge in [-0.3, -0.25) is 4.79 Å². The summed E-state index contributed by atoms with van der Waals surface area (Å²) in [4.78, 5) is 12.2. The molecule has 0 saturated carbocycles. The maximum atomic E-state index is 12.2. The zero-order chi connectivity index (χ0) is 14.4. The summed E-state index contributed by atoms with van der Waals surface area (Å²) in [6.07, 6.45) is 0. The topological polar surface area (TPSA) is 38.3 Å². The minimum Gasteiger partial charge on any atom is -0.482 e. The van der Waals surface area contributed by atoms with Crippen LogP contribution in [0.3, 0.4) is 0 Å². The molecule has 0 heterocycles. The molecule has 0 fully saturated rings. The third kappa shape index (κ3) is 3.84. The Morgan fingerprint density at radius 3 is 2.75 bits per heavy atom. The van der Waals surface area contributed by atoms with Crippen LogP contribution in [0.2, 0.25) is 0 Å². The predicted molar refractivity (Wildman–Crippen MR) is 83.2 cm³/mol. The van der Waals surface area contributed by atoms with Gasteiger partial charge in [-0.1, -0.05) is 42.0 Å². The Kier molecular flexibility index (Phi) is 5.18. The molecular formula is C16H16BrNO2. The van der Waals surface area contributed by atoms with Crippen molar-refractivity contribution in [2.45, 2.75) is 13.5 Å². The normalized spacial score (nSPS) is 10.1. The van der Waals surface area contributed by atoms with Crippen molar-refractivity contribution in [1.82, 2.24) is 5.32 Å². The van der Waals surface area contributed by atoms with E-state index in [4.69, 9.17) is 4.74 Å². The van der Waals surface area contributed by atoms with Crippen LogP contribution in [-0.2, 0) is 6.54 Å². The first-order valence-corrected chi connectivity index (χ1v) is 7.44. The molecule has 0 aromatic heterocycles. The van der Waals surface area contributed by atoms with Crippen molar-refractivity contribution in [1.29, 1.82) is 0 Å². The van der Waals surface area contributed by atoms with Gasteiger partial charge in [-0.2, -0.15) is 0 Å². The Hall–Kier alpha value is -1.81. The summed E-state index contributed by atoms with van der Waals surface area (Å²) < 4.78 is 5.39. The largest absolute Gasteiger partial charge is 0.482 e. The molecule has 0 aliphatic carbocycles. The van der Waals surface area contributed by atoms with E-state index in [0.29, 0.717) is 23.4 Å². The molecule has 0 unspecified atom stereocenters. The van der Waals surface area contributed by atoms with Gasteiger partial charge >= 0.3 is 0 Å². The second-order valence-corrected chi connectivity index (χ2v) is 4.88. The highest BCUT2D eigenvalue weighted by Crippen LogP contribution is 2.18. The molecule has 3 nitrogen and oxygen atoms in total. The molecule has 0 spiro atoms. The summed E-state index contributed by atoms with van der Waals surface area (Å²) in [5.41, 5.74) is 3.16. The average molecular weight is 334 g/mol. The van der Waals surface area contributed by atoms with Crippen molar-refractivity contribution in [3.05, 3.63) is 65.2 Å². The van der Waals surface area contributed by atoms with Gasteiger partial charge in [-0.15, -0.1) is 0 Å². The van der Waals surface area contributed by atoms with E-state index in [1.54, 1.807) is 12.1 Å². The number of para-hydroxylation sites is 1. The zero-order valence-electron chi connectivity index (χ0n) is 11.2. The molecule has 2 aromatic carbocycles. The van der Waals surface area contributed by atoms with Crippen molar-refractivity contribution in [2.24, 2.45) is 0 Å². The predicted octanol–water partition coefficient (Wildman–Crippen LogP) is 3.66. The van der Waals surface area contributed by atoms with E-state index in [2.05, 4.69) is 27.3 Å². The van der Waals surface area contributed by atoms with Crippen molar-refractivity contribution in [3.8, 4) is 5.75 Å². The molecule has 104 valence electrons. The number of rotatable bonds is 5. The maximum Gasteiger partial charge on any atom is 0.255 e. The summed E-state index contributed by atoms with van der Waals surface area (Å²) in [5, 5.41) is 2.91. The third-order valence-corrected chi connectivity index (χ3v) is 3.11. The van der Waals surface area contributed by atoms with Crippen LogP contribution < -0.4 is 10.1 Å². The number of carbonyl (C=O) groups excluding carboxylic acids is 1. The summed E-state index contributed by atoms with van der Waals surface area (Å²) in [5.74, 6) is 0.439. The Morgan fingerprint density at radius 1 is 1.20 bits per heavy atom. The van der Waals surface area contributed by atoms with Crippen LogP contribution in [0.15, 0.2) is 48.5 Å². The van der Waals surface area contributed by atoms with E-state index < -0.39 is 0 Å². The lowest BCUT2D eigenvalue weighted by molar-refractivity contribution is 0.0947. The fourth-order valence-corrected chi connectivity index (χ4v) is 2.19. The van der Waals surface area contributed by atoms with Crippen molar-refractivity contribution in [2.75, 3.05) is 5.52 Å². The molecule has 0 aliphatic rings. The van der Waals surface area contributed by atoms with Gasteiger partial charge in [0.05, 0.1) is 5.56 Å². The molecule has 0 atom stereocenters. The average Bonchev–Trinajstić information content (AvgIpc) is 2.46. The van der Waals surface area contributed by atoms with Crippen molar-refractivity contribution >= 4 is 21.8 Å². The van der Waals surface area contributed by atoms with Crippen LogP contribution in [0.25, 0.3) is 0 Å². The zero-order valence-corrected chi connectivity index (χ0v) is 12.8. The number of nitrogens with one attached hydrogen (secondary N) is 1. The minimum atomic E-state index is -0.136. The van der Waals surface area contributed by atoms with E-state index in [-0.39, 0.29) is 5.91 Å². The van der Waals surface area contributed by atoms with Gasteiger partial charge in [0, 0.05) is 6.54 Å². The monoisotopic (exact) mass is 333 g/mol. The van der Waals surface area contributed by atoms with Crippen LogP contribution in [0.5, 0.6) is 5.75 Å². The lowest BCUT2D eigenvalue weighted by Crippen LogP contribution is -2.23. The van der Waals surface area contributed by atoms with Crippen LogP contribution in [0.4, 0.5) is 0 Å². The number of alkyl halides is 1. The number of hydrogen-bond donors (Lipinski definition) is 1.